The van der Waals surface area contributed by atoms with Gasteiger partial charge in [0.2, 0.25) is 5.43 Å². The Morgan fingerprint density at radius 2 is 2.16 bits per heavy atom. The molecule has 25 heavy (non-hydrogen) atoms. The van der Waals surface area contributed by atoms with Crippen molar-refractivity contribution in [3.63, 3.8) is 0 Å². The zero-order chi connectivity index (χ0) is 18.0. The first-order valence-electron chi connectivity index (χ1n) is 8.55. The molecule has 1 fully saturated rings. The normalized spacial score (nSPS) is 19.2. The van der Waals surface area contributed by atoms with E-state index in [1.165, 1.54) is 6.20 Å². The summed E-state index contributed by atoms with van der Waals surface area (Å²) in [5, 5.41) is 3.15. The number of aromatic nitrogens is 1. The third-order valence-electron chi connectivity index (χ3n) is 4.58. The van der Waals surface area contributed by atoms with E-state index in [0.717, 1.165) is 24.8 Å². The Morgan fingerprint density at radius 3 is 2.84 bits per heavy atom. The fourth-order valence-electron chi connectivity index (χ4n) is 3.14. The molecular formula is C18H22N2O4S. The summed E-state index contributed by atoms with van der Waals surface area (Å²) in [5.41, 5.74) is 1.44. The number of aryl methyl sites for hydroxylation is 1. The number of benzene rings is 1. The molecule has 6 nitrogen and oxygen atoms in total. The quantitative estimate of drug-likeness (QED) is 0.847. The van der Waals surface area contributed by atoms with Gasteiger partial charge in [-0.3, -0.25) is 9.59 Å². The lowest BCUT2D eigenvalue weighted by Crippen LogP contribution is -2.38. The number of carbonyl (C=O) groups excluding carboxylic acids is 1. The number of carbonyl (C=O) groups is 1. The molecule has 2 aromatic rings. The maximum absolute atomic E-state index is 12.7. The van der Waals surface area contributed by atoms with Crippen molar-refractivity contribution in [2.75, 3.05) is 11.5 Å². The molecule has 1 aliphatic heterocycles. The number of nitrogens with one attached hydrogen (secondary N) is 2. The molecule has 0 radical (unpaired) electrons. The molecule has 1 aromatic heterocycles. The number of H-pyrrole nitrogens is 1. The van der Waals surface area contributed by atoms with Gasteiger partial charge in [-0.2, -0.15) is 0 Å². The lowest BCUT2D eigenvalue weighted by molar-refractivity contribution is 0.0940. The van der Waals surface area contributed by atoms with Gasteiger partial charge in [-0.25, -0.2) is 8.42 Å². The van der Waals surface area contributed by atoms with Gasteiger partial charge in [0.1, 0.15) is 5.56 Å². The van der Waals surface area contributed by atoms with E-state index in [1.54, 1.807) is 0 Å². The molecule has 2 heterocycles. The van der Waals surface area contributed by atoms with Crippen LogP contribution in [-0.4, -0.2) is 36.9 Å². The van der Waals surface area contributed by atoms with Gasteiger partial charge in [0.25, 0.3) is 5.91 Å². The molecule has 0 saturated carbocycles. The lowest BCUT2D eigenvalue weighted by Gasteiger charge is -2.11. The minimum atomic E-state index is -3.08. The standard InChI is InChI=1S/C18H22N2O4S/c1-2-3-4-12-5-6-16-14(9-12)17(21)15(10-19-16)18(22)20-13-7-8-25(23,24)11-13/h5-6,9-10,13H,2-4,7-8,11H2,1H3,(H,19,21)(H,20,22). The largest absolute Gasteiger partial charge is 0.360 e. The Kier molecular flexibility index (Phi) is 4.94. The molecule has 1 atom stereocenters. The highest BCUT2D eigenvalue weighted by molar-refractivity contribution is 7.91. The molecule has 0 aliphatic carbocycles. The van der Waals surface area contributed by atoms with Crippen molar-refractivity contribution in [1.29, 1.82) is 0 Å². The minimum absolute atomic E-state index is 0.0180. The maximum Gasteiger partial charge on any atom is 0.257 e. The van der Waals surface area contributed by atoms with Crippen molar-refractivity contribution in [3.8, 4) is 0 Å². The first-order chi connectivity index (χ1) is 11.9. The number of hydrogen-bond acceptors (Lipinski definition) is 4. The van der Waals surface area contributed by atoms with Crippen LogP contribution >= 0.6 is 0 Å². The van der Waals surface area contributed by atoms with E-state index >= 15 is 0 Å². The van der Waals surface area contributed by atoms with Crippen LogP contribution in [0.15, 0.2) is 29.2 Å². The predicted molar refractivity (Wildman–Crippen MR) is 97.7 cm³/mol. The molecule has 1 amide bonds. The van der Waals surface area contributed by atoms with Crippen molar-refractivity contribution >= 4 is 26.6 Å². The fourth-order valence-corrected chi connectivity index (χ4v) is 4.82. The summed E-state index contributed by atoms with van der Waals surface area (Å²) < 4.78 is 23.0. The Balaban J connectivity index is 1.87. The molecule has 1 saturated heterocycles. The summed E-state index contributed by atoms with van der Waals surface area (Å²) in [4.78, 5) is 28.1. The Labute approximate surface area is 146 Å². The maximum atomic E-state index is 12.7. The van der Waals surface area contributed by atoms with Crippen molar-refractivity contribution < 1.29 is 13.2 Å². The van der Waals surface area contributed by atoms with Crippen LogP contribution < -0.4 is 10.7 Å². The van der Waals surface area contributed by atoms with Crippen LogP contribution in [0.3, 0.4) is 0 Å². The second kappa shape index (κ2) is 7.00. The second-order valence-corrected chi connectivity index (χ2v) is 8.82. The summed E-state index contributed by atoms with van der Waals surface area (Å²) in [6, 6.07) is 5.24. The predicted octanol–water partition coefficient (Wildman–Crippen LogP) is 1.79. The summed E-state index contributed by atoms with van der Waals surface area (Å²) in [5.74, 6) is -0.512. The van der Waals surface area contributed by atoms with Gasteiger partial charge in [-0.15, -0.1) is 0 Å². The van der Waals surface area contributed by atoms with Gasteiger partial charge in [-0.05, 0) is 37.0 Å². The highest BCUT2D eigenvalue weighted by Crippen LogP contribution is 2.15. The van der Waals surface area contributed by atoms with E-state index in [2.05, 4.69) is 17.2 Å². The topological polar surface area (TPSA) is 96.1 Å². The van der Waals surface area contributed by atoms with E-state index in [9.17, 15) is 18.0 Å². The van der Waals surface area contributed by atoms with Crippen LogP contribution in [0.5, 0.6) is 0 Å². The molecule has 1 aliphatic rings. The van der Waals surface area contributed by atoms with Crippen LogP contribution in [-0.2, 0) is 16.3 Å². The average molecular weight is 362 g/mol. The van der Waals surface area contributed by atoms with Crippen LogP contribution in [0.1, 0.15) is 42.1 Å². The smallest absolute Gasteiger partial charge is 0.257 e. The minimum Gasteiger partial charge on any atom is -0.360 e. The zero-order valence-corrected chi connectivity index (χ0v) is 15.0. The molecule has 134 valence electrons. The van der Waals surface area contributed by atoms with Gasteiger partial charge in [0.05, 0.1) is 11.5 Å². The summed E-state index contributed by atoms with van der Waals surface area (Å²) in [7, 11) is -3.08. The molecule has 2 N–H and O–H groups in total. The summed E-state index contributed by atoms with van der Waals surface area (Å²) in [6.45, 7) is 2.11. The zero-order valence-electron chi connectivity index (χ0n) is 14.2. The lowest BCUT2D eigenvalue weighted by atomic mass is 10.0. The first-order valence-corrected chi connectivity index (χ1v) is 10.4. The van der Waals surface area contributed by atoms with Crippen molar-refractivity contribution in [2.45, 2.75) is 38.6 Å². The van der Waals surface area contributed by atoms with E-state index in [4.69, 9.17) is 0 Å². The monoisotopic (exact) mass is 362 g/mol. The number of amides is 1. The Hall–Kier alpha value is -2.15. The SMILES string of the molecule is CCCCc1ccc2[nH]cc(C(=O)NC3CCS(=O)(=O)C3)c(=O)c2c1. The molecule has 3 rings (SSSR count). The van der Waals surface area contributed by atoms with Crippen molar-refractivity contribution in [1.82, 2.24) is 10.3 Å². The number of sulfone groups is 1. The third kappa shape index (κ3) is 3.92. The van der Waals surface area contributed by atoms with Gasteiger partial charge >= 0.3 is 0 Å². The number of unbranched alkanes of at least 4 members (excludes halogenated alkanes) is 1. The van der Waals surface area contributed by atoms with Crippen LogP contribution in [0.25, 0.3) is 10.9 Å². The number of pyridine rings is 1. The summed E-state index contributed by atoms with van der Waals surface area (Å²) >= 11 is 0. The Bertz CT molecular complexity index is 963. The van der Waals surface area contributed by atoms with Crippen LogP contribution in [0.2, 0.25) is 0 Å². The van der Waals surface area contributed by atoms with E-state index in [0.29, 0.717) is 17.3 Å². The number of rotatable bonds is 5. The molecule has 0 spiro atoms. The first kappa shape index (κ1) is 17.7. The highest BCUT2D eigenvalue weighted by atomic mass is 32.2. The van der Waals surface area contributed by atoms with E-state index in [-0.39, 0.29) is 22.5 Å². The second-order valence-electron chi connectivity index (χ2n) is 6.59. The van der Waals surface area contributed by atoms with E-state index in [1.807, 2.05) is 18.2 Å². The van der Waals surface area contributed by atoms with Gasteiger partial charge in [-0.1, -0.05) is 19.4 Å². The molecular weight excluding hydrogens is 340 g/mol. The fraction of sp³-hybridized carbons (Fsp3) is 0.444. The third-order valence-corrected chi connectivity index (χ3v) is 6.34. The van der Waals surface area contributed by atoms with Crippen molar-refractivity contribution in [2.24, 2.45) is 0 Å². The number of aromatic amines is 1. The Morgan fingerprint density at radius 1 is 1.36 bits per heavy atom. The van der Waals surface area contributed by atoms with Gasteiger partial charge in [0, 0.05) is 23.1 Å². The highest BCUT2D eigenvalue weighted by Gasteiger charge is 2.29. The average Bonchev–Trinajstić information content (AvgIpc) is 2.92. The molecule has 0 bridgehead atoms. The number of fused-ring (bicyclic) bond motifs is 1. The molecule has 1 unspecified atom stereocenters. The van der Waals surface area contributed by atoms with Crippen molar-refractivity contribution in [3.05, 3.63) is 45.7 Å². The van der Waals surface area contributed by atoms with Crippen LogP contribution in [0, 0.1) is 0 Å². The molecule has 1 aromatic carbocycles. The number of hydrogen-bond donors (Lipinski definition) is 2. The van der Waals surface area contributed by atoms with Gasteiger partial charge < -0.3 is 10.3 Å². The molecule has 7 heteroatoms. The van der Waals surface area contributed by atoms with E-state index < -0.39 is 21.8 Å². The van der Waals surface area contributed by atoms with Crippen LogP contribution in [0.4, 0.5) is 0 Å². The van der Waals surface area contributed by atoms with Gasteiger partial charge in [0.15, 0.2) is 9.84 Å². The summed E-state index contributed by atoms with van der Waals surface area (Å²) in [6.07, 6.45) is 4.79.